The van der Waals surface area contributed by atoms with E-state index in [4.69, 9.17) is 27.7 Å². The third-order valence-corrected chi connectivity index (χ3v) is 5.23. The SMILES string of the molecule is CC(C)(C)OC(=O)N[C@H](CCCN=C(N)N)C(=O)N1CCC[C@@H]1C(=O)N[C@H](C=O)CCCN=C(N)N. The first-order valence-electron chi connectivity index (χ1n) is 12.0. The molecule has 1 heterocycles. The minimum Gasteiger partial charge on any atom is -0.444 e. The Bertz CT molecular complexity index is 817. The molecule has 0 aromatic heterocycles. The van der Waals surface area contributed by atoms with Crippen molar-refractivity contribution in [2.24, 2.45) is 32.9 Å². The van der Waals surface area contributed by atoms with E-state index in [2.05, 4.69) is 20.6 Å². The van der Waals surface area contributed by atoms with Gasteiger partial charge < -0.3 is 48.0 Å². The van der Waals surface area contributed by atoms with Crippen LogP contribution in [-0.2, 0) is 19.1 Å². The maximum absolute atomic E-state index is 13.4. The number of rotatable bonds is 13. The van der Waals surface area contributed by atoms with Crippen LogP contribution in [0.25, 0.3) is 0 Å². The monoisotopic (exact) mass is 511 g/mol. The molecule has 3 atom stereocenters. The quantitative estimate of drug-likeness (QED) is 0.0742. The molecule has 3 amide bonds. The van der Waals surface area contributed by atoms with Crippen LogP contribution in [0.3, 0.4) is 0 Å². The normalized spacial score (nSPS) is 16.9. The minimum absolute atomic E-state index is 0.0466. The van der Waals surface area contributed by atoms with Gasteiger partial charge in [-0.25, -0.2) is 4.79 Å². The van der Waals surface area contributed by atoms with Crippen molar-refractivity contribution in [2.45, 2.75) is 83.0 Å². The van der Waals surface area contributed by atoms with E-state index < -0.39 is 41.6 Å². The summed E-state index contributed by atoms with van der Waals surface area (Å²) in [5.74, 6) is -0.970. The Morgan fingerprint density at radius 1 is 1.03 bits per heavy atom. The molecule has 1 aliphatic rings. The van der Waals surface area contributed by atoms with Gasteiger partial charge in [-0.3, -0.25) is 19.6 Å². The summed E-state index contributed by atoms with van der Waals surface area (Å²) in [4.78, 5) is 59.4. The lowest BCUT2D eigenvalue weighted by atomic mass is 10.1. The van der Waals surface area contributed by atoms with Crippen molar-refractivity contribution in [1.82, 2.24) is 15.5 Å². The predicted octanol–water partition coefficient (Wildman–Crippen LogP) is -1.34. The number of likely N-dealkylation sites (tertiary alicyclic amines) is 1. The van der Waals surface area contributed by atoms with Crippen LogP contribution >= 0.6 is 0 Å². The number of hydrogen-bond acceptors (Lipinski definition) is 7. The lowest BCUT2D eigenvalue weighted by Gasteiger charge is -2.30. The molecule has 0 saturated carbocycles. The number of alkyl carbamates (subject to hydrolysis) is 1. The van der Waals surface area contributed by atoms with E-state index in [0.29, 0.717) is 51.5 Å². The molecule has 204 valence electrons. The van der Waals surface area contributed by atoms with Crippen LogP contribution in [0.4, 0.5) is 4.79 Å². The summed E-state index contributed by atoms with van der Waals surface area (Å²) in [6.45, 7) is 6.08. The molecule has 36 heavy (non-hydrogen) atoms. The molecular formula is C22H41N9O5. The van der Waals surface area contributed by atoms with Crippen LogP contribution in [0, 0.1) is 0 Å². The number of guanidine groups is 2. The third-order valence-electron chi connectivity index (χ3n) is 5.23. The molecule has 1 fully saturated rings. The molecule has 0 radical (unpaired) electrons. The number of nitrogens with two attached hydrogens (primary N) is 4. The van der Waals surface area contributed by atoms with E-state index in [1.165, 1.54) is 4.90 Å². The standard InChI is InChI=1S/C22H41N9O5/c1-22(2,3)36-21(35)30-15(8-5-11-28-20(25)26)18(34)31-12-6-9-16(31)17(33)29-14(13-32)7-4-10-27-19(23)24/h13-16H,4-12H2,1-3H3,(H,29,33)(H,30,35)(H4,23,24,27)(H4,25,26,28)/t14-,15+,16+/m0/s1. The lowest BCUT2D eigenvalue weighted by Crippen LogP contribution is -2.55. The topological polar surface area (TPSA) is 234 Å². The highest BCUT2D eigenvalue weighted by Gasteiger charge is 2.38. The molecule has 0 aliphatic carbocycles. The Labute approximate surface area is 211 Å². The van der Waals surface area contributed by atoms with Gasteiger partial charge in [-0.2, -0.15) is 0 Å². The highest BCUT2D eigenvalue weighted by Crippen LogP contribution is 2.20. The number of hydrogen-bond donors (Lipinski definition) is 6. The van der Waals surface area contributed by atoms with E-state index in [1.54, 1.807) is 20.8 Å². The third kappa shape index (κ3) is 11.7. The molecule has 14 heteroatoms. The van der Waals surface area contributed by atoms with Crippen LogP contribution in [0.15, 0.2) is 9.98 Å². The Morgan fingerprint density at radius 2 is 1.61 bits per heavy atom. The predicted molar refractivity (Wildman–Crippen MR) is 136 cm³/mol. The molecule has 10 N–H and O–H groups in total. The number of aliphatic imine (C=N–C) groups is 2. The van der Waals surface area contributed by atoms with E-state index >= 15 is 0 Å². The molecule has 0 aromatic carbocycles. The van der Waals surface area contributed by atoms with Gasteiger partial charge in [-0.05, 0) is 59.3 Å². The number of aldehydes is 1. The molecule has 0 unspecified atom stereocenters. The number of amides is 3. The fraction of sp³-hybridized carbons (Fsp3) is 0.727. The van der Waals surface area contributed by atoms with Crippen LogP contribution in [-0.4, -0.2) is 84.4 Å². The molecule has 1 rings (SSSR count). The van der Waals surface area contributed by atoms with Crippen molar-refractivity contribution in [3.63, 3.8) is 0 Å². The molecule has 1 aliphatic heterocycles. The van der Waals surface area contributed by atoms with Gasteiger partial charge in [0, 0.05) is 19.6 Å². The van der Waals surface area contributed by atoms with Gasteiger partial charge in [0.1, 0.15) is 24.0 Å². The summed E-state index contributed by atoms with van der Waals surface area (Å²) in [7, 11) is 0. The van der Waals surface area contributed by atoms with Gasteiger partial charge in [0.2, 0.25) is 11.8 Å². The summed E-state index contributed by atoms with van der Waals surface area (Å²) in [5.41, 5.74) is 20.5. The molecular weight excluding hydrogens is 470 g/mol. The fourth-order valence-electron chi connectivity index (χ4n) is 3.69. The highest BCUT2D eigenvalue weighted by molar-refractivity contribution is 5.92. The van der Waals surface area contributed by atoms with Gasteiger partial charge in [-0.15, -0.1) is 0 Å². The molecule has 14 nitrogen and oxygen atoms in total. The van der Waals surface area contributed by atoms with E-state index in [1.807, 2.05) is 0 Å². The van der Waals surface area contributed by atoms with E-state index in [0.717, 1.165) is 0 Å². The molecule has 1 saturated heterocycles. The van der Waals surface area contributed by atoms with Gasteiger partial charge >= 0.3 is 6.09 Å². The Hall–Kier alpha value is -3.58. The fourth-order valence-corrected chi connectivity index (χ4v) is 3.69. The van der Waals surface area contributed by atoms with Crippen molar-refractivity contribution >= 4 is 36.1 Å². The zero-order valence-electron chi connectivity index (χ0n) is 21.4. The van der Waals surface area contributed by atoms with Crippen molar-refractivity contribution in [3.05, 3.63) is 0 Å². The molecule has 0 aromatic rings. The van der Waals surface area contributed by atoms with Gasteiger partial charge in [0.15, 0.2) is 11.9 Å². The zero-order valence-corrected chi connectivity index (χ0v) is 21.4. The second kappa shape index (κ2) is 14.7. The lowest BCUT2D eigenvalue weighted by molar-refractivity contribution is -0.140. The van der Waals surface area contributed by atoms with Crippen LogP contribution in [0.2, 0.25) is 0 Å². The molecule has 0 spiro atoms. The Kier molecular flexibility index (Phi) is 12.5. The average molecular weight is 512 g/mol. The summed E-state index contributed by atoms with van der Waals surface area (Å²) in [6, 6.07) is -2.44. The first-order valence-corrected chi connectivity index (χ1v) is 12.0. The number of carbonyl (C=O) groups excluding carboxylic acids is 4. The van der Waals surface area contributed by atoms with Crippen LogP contribution < -0.4 is 33.6 Å². The number of nitrogens with zero attached hydrogens (tertiary/aromatic N) is 3. The molecule has 0 bridgehead atoms. The summed E-state index contributed by atoms with van der Waals surface area (Å²) >= 11 is 0. The maximum atomic E-state index is 13.4. The average Bonchev–Trinajstić information content (AvgIpc) is 3.25. The van der Waals surface area contributed by atoms with E-state index in [-0.39, 0.29) is 24.9 Å². The Balaban J connectivity index is 2.87. The number of ether oxygens (including phenoxy) is 1. The highest BCUT2D eigenvalue weighted by atomic mass is 16.6. The van der Waals surface area contributed by atoms with Crippen molar-refractivity contribution in [3.8, 4) is 0 Å². The van der Waals surface area contributed by atoms with Crippen molar-refractivity contribution < 1.29 is 23.9 Å². The summed E-state index contributed by atoms with van der Waals surface area (Å²) < 4.78 is 5.30. The number of carbonyl (C=O) groups is 4. The first kappa shape index (κ1) is 30.5. The van der Waals surface area contributed by atoms with Gasteiger partial charge in [-0.1, -0.05) is 0 Å². The van der Waals surface area contributed by atoms with Crippen molar-refractivity contribution in [2.75, 3.05) is 19.6 Å². The summed E-state index contributed by atoms with van der Waals surface area (Å²) in [5, 5.41) is 5.30. The minimum atomic E-state index is -0.941. The smallest absolute Gasteiger partial charge is 0.408 e. The second-order valence-electron chi connectivity index (χ2n) is 9.54. The maximum Gasteiger partial charge on any atom is 0.408 e. The number of nitrogens with one attached hydrogen (secondary N) is 2. The largest absolute Gasteiger partial charge is 0.444 e. The van der Waals surface area contributed by atoms with Gasteiger partial charge in [0.05, 0.1) is 6.04 Å². The Morgan fingerprint density at radius 3 is 2.14 bits per heavy atom. The second-order valence-corrected chi connectivity index (χ2v) is 9.54. The van der Waals surface area contributed by atoms with Crippen LogP contribution in [0.1, 0.15) is 59.3 Å². The zero-order chi connectivity index (χ0) is 27.3. The summed E-state index contributed by atoms with van der Waals surface area (Å²) in [6.07, 6.45) is 2.43. The van der Waals surface area contributed by atoms with E-state index in [9.17, 15) is 19.2 Å². The van der Waals surface area contributed by atoms with Crippen molar-refractivity contribution in [1.29, 1.82) is 0 Å². The van der Waals surface area contributed by atoms with Crippen LogP contribution in [0.5, 0.6) is 0 Å². The van der Waals surface area contributed by atoms with Gasteiger partial charge in [0.25, 0.3) is 0 Å². The first-order chi connectivity index (χ1) is 16.8.